The average molecular weight is 371 g/mol. The van der Waals surface area contributed by atoms with Crippen molar-refractivity contribution in [3.05, 3.63) is 29.8 Å². The summed E-state index contributed by atoms with van der Waals surface area (Å²) in [7, 11) is 1.68. The van der Waals surface area contributed by atoms with Gasteiger partial charge < -0.3 is 24.8 Å². The summed E-state index contributed by atoms with van der Waals surface area (Å²) in [6.45, 7) is 0.514. The third-order valence-corrected chi connectivity index (χ3v) is 3.89. The smallest absolute Gasteiger partial charge is 0.387 e. The normalized spacial score (nSPS) is 17.5. The maximum Gasteiger partial charge on any atom is 0.387 e. The first-order valence-electron chi connectivity index (χ1n) is 8.85. The standard InChI is InChI=1S/C18H27F2N3O3/c1-21-18(22-8-4-9-24-13-16-7-3-10-25-16)23-12-14-5-2-6-15(11-14)26-17(19)20/h2,5-6,11,16-17H,3-4,7-10,12-13H2,1H3,(H2,21,22,23). The minimum Gasteiger partial charge on any atom is -0.435 e. The minimum atomic E-state index is -2.82. The number of guanidine groups is 1. The molecule has 1 aromatic rings. The van der Waals surface area contributed by atoms with Gasteiger partial charge in [-0.2, -0.15) is 8.78 Å². The van der Waals surface area contributed by atoms with Crippen molar-refractivity contribution in [2.45, 2.75) is 38.5 Å². The van der Waals surface area contributed by atoms with Crippen LogP contribution in [-0.2, 0) is 16.0 Å². The van der Waals surface area contributed by atoms with Crippen LogP contribution in [-0.4, -0.2) is 52.1 Å². The zero-order valence-electron chi connectivity index (χ0n) is 15.0. The molecule has 1 heterocycles. The van der Waals surface area contributed by atoms with Gasteiger partial charge in [0.25, 0.3) is 0 Å². The molecule has 2 N–H and O–H groups in total. The number of rotatable bonds is 10. The zero-order chi connectivity index (χ0) is 18.6. The summed E-state index contributed by atoms with van der Waals surface area (Å²) < 4.78 is 40.0. The monoisotopic (exact) mass is 371 g/mol. The molecule has 8 heteroatoms. The number of nitrogens with one attached hydrogen (secondary N) is 2. The first-order valence-corrected chi connectivity index (χ1v) is 8.85. The molecular weight excluding hydrogens is 344 g/mol. The fourth-order valence-electron chi connectivity index (χ4n) is 2.61. The summed E-state index contributed by atoms with van der Waals surface area (Å²) >= 11 is 0. The van der Waals surface area contributed by atoms with Crippen LogP contribution in [0.5, 0.6) is 5.75 Å². The number of hydrogen-bond donors (Lipinski definition) is 2. The van der Waals surface area contributed by atoms with Crippen LogP contribution >= 0.6 is 0 Å². The summed E-state index contributed by atoms with van der Waals surface area (Å²) in [6, 6.07) is 6.58. The minimum absolute atomic E-state index is 0.144. The third-order valence-electron chi connectivity index (χ3n) is 3.89. The Kier molecular flexibility index (Phi) is 9.13. The van der Waals surface area contributed by atoms with E-state index in [4.69, 9.17) is 9.47 Å². The number of ether oxygens (including phenoxy) is 3. The number of hydrogen-bond acceptors (Lipinski definition) is 4. The van der Waals surface area contributed by atoms with Gasteiger partial charge in [-0.25, -0.2) is 0 Å². The van der Waals surface area contributed by atoms with Crippen LogP contribution in [0.4, 0.5) is 8.78 Å². The molecule has 1 aliphatic rings. The predicted molar refractivity (Wildman–Crippen MR) is 95.7 cm³/mol. The summed E-state index contributed by atoms with van der Waals surface area (Å²) in [5.74, 6) is 0.787. The Balaban J connectivity index is 1.60. The molecule has 1 atom stereocenters. The Morgan fingerprint density at radius 1 is 1.38 bits per heavy atom. The van der Waals surface area contributed by atoms with Gasteiger partial charge in [-0.3, -0.25) is 4.99 Å². The Morgan fingerprint density at radius 3 is 3.00 bits per heavy atom. The van der Waals surface area contributed by atoms with E-state index in [1.54, 1.807) is 19.2 Å². The van der Waals surface area contributed by atoms with Gasteiger partial charge in [0.1, 0.15) is 5.75 Å². The molecule has 146 valence electrons. The van der Waals surface area contributed by atoms with E-state index in [-0.39, 0.29) is 11.9 Å². The number of alkyl halides is 2. The van der Waals surface area contributed by atoms with Crippen molar-refractivity contribution >= 4 is 5.96 Å². The van der Waals surface area contributed by atoms with E-state index < -0.39 is 6.61 Å². The SMILES string of the molecule is CN=C(NCCCOCC1CCCO1)NCc1cccc(OC(F)F)c1. The number of benzene rings is 1. The Hall–Kier alpha value is -1.93. The van der Waals surface area contributed by atoms with Crippen molar-refractivity contribution in [1.29, 1.82) is 0 Å². The second kappa shape index (κ2) is 11.6. The predicted octanol–water partition coefficient (Wildman–Crippen LogP) is 2.54. The largest absolute Gasteiger partial charge is 0.435 e. The van der Waals surface area contributed by atoms with Gasteiger partial charge in [0, 0.05) is 33.4 Å². The van der Waals surface area contributed by atoms with Gasteiger partial charge in [-0.15, -0.1) is 0 Å². The second-order valence-electron chi connectivity index (χ2n) is 5.94. The van der Waals surface area contributed by atoms with Crippen LogP contribution in [0.1, 0.15) is 24.8 Å². The molecule has 1 saturated heterocycles. The summed E-state index contributed by atoms with van der Waals surface area (Å²) in [6.07, 6.45) is 3.31. The molecule has 1 fully saturated rings. The zero-order valence-corrected chi connectivity index (χ0v) is 15.0. The lowest BCUT2D eigenvalue weighted by atomic mass is 10.2. The van der Waals surface area contributed by atoms with Crippen LogP contribution in [0.2, 0.25) is 0 Å². The van der Waals surface area contributed by atoms with E-state index in [1.165, 1.54) is 6.07 Å². The third kappa shape index (κ3) is 7.97. The van der Waals surface area contributed by atoms with Crippen LogP contribution < -0.4 is 15.4 Å². The van der Waals surface area contributed by atoms with Gasteiger partial charge in [0.15, 0.2) is 5.96 Å². The van der Waals surface area contributed by atoms with Crippen molar-refractivity contribution in [3.8, 4) is 5.75 Å². The first-order chi connectivity index (χ1) is 12.7. The molecule has 2 rings (SSSR count). The lowest BCUT2D eigenvalue weighted by Crippen LogP contribution is -2.37. The molecule has 0 aromatic heterocycles. The highest BCUT2D eigenvalue weighted by atomic mass is 19.3. The van der Waals surface area contributed by atoms with E-state index in [9.17, 15) is 8.78 Å². The molecule has 1 aromatic carbocycles. The maximum absolute atomic E-state index is 12.3. The number of halogens is 2. The quantitative estimate of drug-likeness (QED) is 0.376. The fourth-order valence-corrected chi connectivity index (χ4v) is 2.61. The van der Waals surface area contributed by atoms with E-state index >= 15 is 0 Å². The van der Waals surface area contributed by atoms with E-state index in [1.807, 2.05) is 6.07 Å². The van der Waals surface area contributed by atoms with Crippen molar-refractivity contribution in [2.24, 2.45) is 4.99 Å². The molecule has 0 spiro atoms. The van der Waals surface area contributed by atoms with Crippen molar-refractivity contribution in [1.82, 2.24) is 10.6 Å². The maximum atomic E-state index is 12.3. The molecule has 6 nitrogen and oxygen atoms in total. The van der Waals surface area contributed by atoms with Gasteiger partial charge in [0.05, 0.1) is 12.7 Å². The molecular formula is C18H27F2N3O3. The van der Waals surface area contributed by atoms with Crippen LogP contribution in [0.3, 0.4) is 0 Å². The first kappa shape index (κ1) is 20.4. The molecule has 0 bridgehead atoms. The molecule has 1 unspecified atom stereocenters. The van der Waals surface area contributed by atoms with Crippen molar-refractivity contribution in [3.63, 3.8) is 0 Å². The van der Waals surface area contributed by atoms with Gasteiger partial charge in [0.2, 0.25) is 0 Å². The highest BCUT2D eigenvalue weighted by molar-refractivity contribution is 5.79. The fraction of sp³-hybridized carbons (Fsp3) is 0.611. The summed E-state index contributed by atoms with van der Waals surface area (Å²) in [4.78, 5) is 4.14. The van der Waals surface area contributed by atoms with Gasteiger partial charge in [-0.1, -0.05) is 12.1 Å². The van der Waals surface area contributed by atoms with Crippen molar-refractivity contribution in [2.75, 3.05) is 33.4 Å². The van der Waals surface area contributed by atoms with Crippen LogP contribution in [0, 0.1) is 0 Å². The Morgan fingerprint density at radius 2 is 2.27 bits per heavy atom. The average Bonchev–Trinajstić information content (AvgIpc) is 3.13. The summed E-state index contributed by atoms with van der Waals surface area (Å²) in [5, 5.41) is 6.33. The Labute approximate surface area is 152 Å². The van der Waals surface area contributed by atoms with Crippen molar-refractivity contribution < 1.29 is 23.0 Å². The van der Waals surface area contributed by atoms with Crippen LogP contribution in [0.15, 0.2) is 29.3 Å². The van der Waals surface area contributed by atoms with Gasteiger partial charge >= 0.3 is 6.61 Å². The lowest BCUT2D eigenvalue weighted by Gasteiger charge is -2.13. The van der Waals surface area contributed by atoms with Gasteiger partial charge in [-0.05, 0) is 37.0 Å². The highest BCUT2D eigenvalue weighted by Gasteiger charge is 2.14. The van der Waals surface area contributed by atoms with E-state index in [0.717, 1.165) is 38.0 Å². The molecule has 0 amide bonds. The van der Waals surface area contributed by atoms with Crippen LogP contribution in [0.25, 0.3) is 0 Å². The molecule has 0 radical (unpaired) electrons. The topological polar surface area (TPSA) is 64.1 Å². The molecule has 0 aliphatic carbocycles. The lowest BCUT2D eigenvalue weighted by molar-refractivity contribution is -0.0498. The molecule has 26 heavy (non-hydrogen) atoms. The number of aliphatic imine (C=N–C) groups is 1. The molecule has 0 saturated carbocycles. The number of nitrogens with zero attached hydrogens (tertiary/aromatic N) is 1. The highest BCUT2D eigenvalue weighted by Crippen LogP contribution is 2.15. The van der Waals surface area contributed by atoms with E-state index in [0.29, 0.717) is 25.7 Å². The molecule has 1 aliphatic heterocycles. The summed E-state index contributed by atoms with van der Waals surface area (Å²) in [5.41, 5.74) is 0.825. The Bertz CT molecular complexity index is 552. The second-order valence-corrected chi connectivity index (χ2v) is 5.94. The van der Waals surface area contributed by atoms with E-state index in [2.05, 4.69) is 20.4 Å².